The maximum absolute atomic E-state index is 10.3. The van der Waals surface area contributed by atoms with Gasteiger partial charge in [-0.05, 0) is 52.4 Å². The van der Waals surface area contributed by atoms with Gasteiger partial charge < -0.3 is 5.11 Å². The third kappa shape index (κ3) is 2.94. The summed E-state index contributed by atoms with van der Waals surface area (Å²) in [6, 6.07) is 12.7. The van der Waals surface area contributed by atoms with Gasteiger partial charge in [-0.3, -0.25) is 0 Å². The summed E-state index contributed by atoms with van der Waals surface area (Å²) in [5.74, 6) is 0. The molecule has 0 aromatic heterocycles. The highest BCUT2D eigenvalue weighted by Crippen LogP contribution is 2.32. The van der Waals surface area contributed by atoms with Crippen LogP contribution >= 0.6 is 45.8 Å². The number of benzene rings is 2. The van der Waals surface area contributed by atoms with E-state index in [0.717, 1.165) is 9.13 Å². The Balaban J connectivity index is 2.47. The predicted molar refractivity (Wildman–Crippen MR) is 79.7 cm³/mol. The average molecular weight is 379 g/mol. The monoisotopic (exact) mass is 378 g/mol. The Hall–Kier alpha value is -0.290. The minimum absolute atomic E-state index is 0.515. The Morgan fingerprint density at radius 3 is 2.41 bits per heavy atom. The largest absolute Gasteiger partial charge is 0.384 e. The molecule has 0 aliphatic rings. The van der Waals surface area contributed by atoms with Crippen molar-refractivity contribution in [1.29, 1.82) is 0 Å². The molecule has 0 amide bonds. The lowest BCUT2D eigenvalue weighted by Gasteiger charge is -2.15. The fourth-order valence-electron chi connectivity index (χ4n) is 1.59. The zero-order chi connectivity index (χ0) is 12.4. The molecule has 1 nitrogen and oxygen atoms in total. The molecule has 2 aromatic rings. The molecule has 0 spiro atoms. The zero-order valence-electron chi connectivity index (χ0n) is 8.70. The summed E-state index contributed by atoms with van der Waals surface area (Å²) in [5, 5.41) is 11.4. The number of hydrogen-bond donors (Lipinski definition) is 1. The number of hydrogen-bond acceptors (Lipinski definition) is 1. The van der Waals surface area contributed by atoms with Crippen molar-refractivity contribution in [3.63, 3.8) is 0 Å². The number of halogens is 3. The first kappa shape index (κ1) is 13.1. The molecule has 1 N–H and O–H groups in total. The van der Waals surface area contributed by atoms with E-state index in [1.165, 1.54) is 0 Å². The highest BCUT2D eigenvalue weighted by atomic mass is 127. The van der Waals surface area contributed by atoms with Crippen molar-refractivity contribution in [2.24, 2.45) is 0 Å². The van der Waals surface area contributed by atoms with E-state index in [2.05, 4.69) is 22.6 Å². The highest BCUT2D eigenvalue weighted by molar-refractivity contribution is 14.1. The minimum atomic E-state index is -0.755. The Morgan fingerprint density at radius 2 is 1.71 bits per heavy atom. The SMILES string of the molecule is OC(c1cc(Cl)ccc1Cl)c1ccccc1I. The molecular formula is C13H9Cl2IO. The van der Waals surface area contributed by atoms with Crippen LogP contribution in [0.25, 0.3) is 0 Å². The summed E-state index contributed by atoms with van der Waals surface area (Å²) in [4.78, 5) is 0. The van der Waals surface area contributed by atoms with Gasteiger partial charge in [-0.15, -0.1) is 0 Å². The van der Waals surface area contributed by atoms with E-state index in [4.69, 9.17) is 23.2 Å². The van der Waals surface area contributed by atoms with E-state index < -0.39 is 6.10 Å². The van der Waals surface area contributed by atoms with Gasteiger partial charge in [0.2, 0.25) is 0 Å². The first-order valence-corrected chi connectivity index (χ1v) is 6.80. The van der Waals surface area contributed by atoms with Crippen LogP contribution in [0.4, 0.5) is 0 Å². The normalized spacial score (nSPS) is 12.5. The highest BCUT2D eigenvalue weighted by Gasteiger charge is 2.16. The van der Waals surface area contributed by atoms with Crippen LogP contribution in [0.15, 0.2) is 42.5 Å². The standard InChI is InChI=1S/C13H9Cl2IO/c14-8-5-6-11(15)10(7-8)13(17)9-3-1-2-4-12(9)16/h1-7,13,17H. The molecule has 0 saturated heterocycles. The van der Waals surface area contributed by atoms with E-state index >= 15 is 0 Å². The van der Waals surface area contributed by atoms with E-state index in [0.29, 0.717) is 15.6 Å². The topological polar surface area (TPSA) is 20.2 Å². The third-order valence-electron chi connectivity index (χ3n) is 2.45. The molecular weight excluding hydrogens is 370 g/mol. The smallest absolute Gasteiger partial charge is 0.107 e. The Bertz CT molecular complexity index is 543. The summed E-state index contributed by atoms with van der Waals surface area (Å²) in [6.45, 7) is 0. The number of rotatable bonds is 2. The Morgan fingerprint density at radius 1 is 1.00 bits per heavy atom. The second-order valence-electron chi connectivity index (χ2n) is 3.59. The van der Waals surface area contributed by atoms with Crippen LogP contribution in [0, 0.1) is 3.57 Å². The molecule has 0 fully saturated rings. The maximum Gasteiger partial charge on any atom is 0.107 e. The minimum Gasteiger partial charge on any atom is -0.384 e. The molecule has 0 heterocycles. The quantitative estimate of drug-likeness (QED) is 0.752. The van der Waals surface area contributed by atoms with E-state index in [9.17, 15) is 5.11 Å². The fourth-order valence-corrected chi connectivity index (χ4v) is 2.67. The molecule has 1 unspecified atom stereocenters. The van der Waals surface area contributed by atoms with Crippen molar-refractivity contribution in [2.45, 2.75) is 6.10 Å². The Labute approximate surface area is 124 Å². The second kappa shape index (κ2) is 5.57. The van der Waals surface area contributed by atoms with Crippen molar-refractivity contribution in [3.05, 3.63) is 67.2 Å². The molecule has 17 heavy (non-hydrogen) atoms. The summed E-state index contributed by atoms with van der Waals surface area (Å²) in [7, 11) is 0. The molecule has 0 saturated carbocycles. The first-order chi connectivity index (χ1) is 8.09. The molecule has 4 heteroatoms. The van der Waals surface area contributed by atoms with Crippen LogP contribution in [-0.4, -0.2) is 5.11 Å². The van der Waals surface area contributed by atoms with Gasteiger partial charge in [0.15, 0.2) is 0 Å². The molecule has 0 bridgehead atoms. The van der Waals surface area contributed by atoms with Crippen LogP contribution in [0.1, 0.15) is 17.2 Å². The van der Waals surface area contributed by atoms with Gasteiger partial charge in [-0.25, -0.2) is 0 Å². The Kier molecular flexibility index (Phi) is 4.31. The van der Waals surface area contributed by atoms with Gasteiger partial charge in [-0.2, -0.15) is 0 Å². The summed E-state index contributed by atoms with van der Waals surface area (Å²) < 4.78 is 0.994. The number of aliphatic hydroxyl groups excluding tert-OH is 1. The molecule has 0 radical (unpaired) electrons. The summed E-state index contributed by atoms with van der Waals surface area (Å²) >= 11 is 14.2. The van der Waals surface area contributed by atoms with E-state index in [-0.39, 0.29) is 0 Å². The summed E-state index contributed by atoms with van der Waals surface area (Å²) in [6.07, 6.45) is -0.755. The zero-order valence-corrected chi connectivity index (χ0v) is 12.4. The van der Waals surface area contributed by atoms with Gasteiger partial charge in [0.1, 0.15) is 6.10 Å². The molecule has 1 atom stereocenters. The van der Waals surface area contributed by atoms with Crippen LogP contribution in [0.5, 0.6) is 0 Å². The van der Waals surface area contributed by atoms with Gasteiger partial charge in [-0.1, -0.05) is 41.4 Å². The lowest BCUT2D eigenvalue weighted by atomic mass is 10.0. The van der Waals surface area contributed by atoms with Crippen LogP contribution in [0.2, 0.25) is 10.0 Å². The molecule has 2 rings (SSSR count). The summed E-state index contributed by atoms with van der Waals surface area (Å²) in [5.41, 5.74) is 1.46. The molecule has 0 aliphatic heterocycles. The van der Waals surface area contributed by atoms with Gasteiger partial charge in [0, 0.05) is 19.2 Å². The van der Waals surface area contributed by atoms with Gasteiger partial charge in [0.25, 0.3) is 0 Å². The van der Waals surface area contributed by atoms with E-state index in [1.54, 1.807) is 18.2 Å². The lowest BCUT2D eigenvalue weighted by Crippen LogP contribution is -2.02. The van der Waals surface area contributed by atoms with Crippen molar-refractivity contribution >= 4 is 45.8 Å². The van der Waals surface area contributed by atoms with Crippen LogP contribution < -0.4 is 0 Å². The molecule has 0 aliphatic carbocycles. The molecule has 88 valence electrons. The van der Waals surface area contributed by atoms with Crippen molar-refractivity contribution < 1.29 is 5.11 Å². The third-order valence-corrected chi connectivity index (χ3v) is 4.01. The first-order valence-electron chi connectivity index (χ1n) is 4.97. The van der Waals surface area contributed by atoms with Crippen molar-refractivity contribution in [2.75, 3.05) is 0 Å². The molecule has 2 aromatic carbocycles. The average Bonchev–Trinajstić information content (AvgIpc) is 2.32. The van der Waals surface area contributed by atoms with Crippen LogP contribution in [-0.2, 0) is 0 Å². The van der Waals surface area contributed by atoms with Crippen LogP contribution in [0.3, 0.4) is 0 Å². The predicted octanol–water partition coefficient (Wildman–Crippen LogP) is 4.68. The lowest BCUT2D eigenvalue weighted by molar-refractivity contribution is 0.219. The van der Waals surface area contributed by atoms with Crippen molar-refractivity contribution in [3.8, 4) is 0 Å². The van der Waals surface area contributed by atoms with E-state index in [1.807, 2.05) is 24.3 Å². The van der Waals surface area contributed by atoms with Gasteiger partial charge >= 0.3 is 0 Å². The maximum atomic E-state index is 10.3. The second-order valence-corrected chi connectivity index (χ2v) is 5.60. The fraction of sp³-hybridized carbons (Fsp3) is 0.0769. The van der Waals surface area contributed by atoms with Crippen molar-refractivity contribution in [1.82, 2.24) is 0 Å². The number of aliphatic hydroxyl groups is 1. The van der Waals surface area contributed by atoms with Gasteiger partial charge in [0.05, 0.1) is 0 Å².